The minimum Gasteiger partial charge on any atom is -0.389 e. The molecule has 0 bridgehead atoms. The number of rotatable bonds is 3. The van der Waals surface area contributed by atoms with Crippen LogP contribution < -0.4 is 0 Å². The van der Waals surface area contributed by atoms with Gasteiger partial charge in [-0.1, -0.05) is 45.0 Å². The number of carbonyl (C=O) groups is 1. The van der Waals surface area contributed by atoms with E-state index in [0.29, 0.717) is 6.42 Å². The molecule has 0 unspecified atom stereocenters. The Morgan fingerprint density at radius 2 is 1.75 bits per heavy atom. The van der Waals surface area contributed by atoms with Crippen LogP contribution in [0.5, 0.6) is 0 Å². The zero-order chi connectivity index (χ0) is 12.3. The van der Waals surface area contributed by atoms with Crippen molar-refractivity contribution in [3.05, 3.63) is 35.4 Å². The second-order valence-electron chi connectivity index (χ2n) is 5.46. The van der Waals surface area contributed by atoms with Crippen molar-refractivity contribution in [1.29, 1.82) is 0 Å². The van der Waals surface area contributed by atoms with E-state index in [1.54, 1.807) is 31.2 Å². The largest absolute Gasteiger partial charge is 0.389 e. The molecule has 88 valence electrons. The van der Waals surface area contributed by atoms with Crippen molar-refractivity contribution in [3.63, 3.8) is 0 Å². The van der Waals surface area contributed by atoms with Crippen molar-refractivity contribution < 1.29 is 9.90 Å². The fourth-order valence-electron chi connectivity index (χ4n) is 1.53. The van der Waals surface area contributed by atoms with Crippen molar-refractivity contribution in [2.45, 2.75) is 40.2 Å². The molecule has 0 saturated carbocycles. The number of Topliss-reactive ketones (excluding diaryl/α,β-unsaturated/α-hetero) is 1. The first-order valence-electron chi connectivity index (χ1n) is 5.61. The summed E-state index contributed by atoms with van der Waals surface area (Å²) in [4.78, 5) is 11.9. The van der Waals surface area contributed by atoms with Gasteiger partial charge in [0.05, 0.1) is 6.10 Å². The summed E-state index contributed by atoms with van der Waals surface area (Å²) < 4.78 is 0. The summed E-state index contributed by atoms with van der Waals surface area (Å²) in [7, 11) is 0. The molecule has 0 aliphatic heterocycles. The SMILES string of the molecule is C[C@H](O)c1ccc(C(=O)CC(C)(C)C)cc1. The van der Waals surface area contributed by atoms with Gasteiger partial charge in [-0.3, -0.25) is 4.79 Å². The van der Waals surface area contributed by atoms with Gasteiger partial charge in [0.1, 0.15) is 0 Å². The Morgan fingerprint density at radius 1 is 1.25 bits per heavy atom. The van der Waals surface area contributed by atoms with E-state index in [0.717, 1.165) is 11.1 Å². The quantitative estimate of drug-likeness (QED) is 0.793. The second kappa shape index (κ2) is 4.79. The summed E-state index contributed by atoms with van der Waals surface area (Å²) in [5.41, 5.74) is 1.58. The van der Waals surface area contributed by atoms with Crippen LogP contribution in [0.2, 0.25) is 0 Å². The average Bonchev–Trinajstić information content (AvgIpc) is 2.15. The first-order valence-corrected chi connectivity index (χ1v) is 5.61. The standard InChI is InChI=1S/C14H20O2/c1-10(15)11-5-7-12(8-6-11)13(16)9-14(2,3)4/h5-8,10,15H,9H2,1-4H3/t10-/m0/s1. The van der Waals surface area contributed by atoms with Crippen molar-refractivity contribution in [2.75, 3.05) is 0 Å². The molecule has 2 nitrogen and oxygen atoms in total. The van der Waals surface area contributed by atoms with Crippen LogP contribution in [0.3, 0.4) is 0 Å². The third-order valence-corrected chi connectivity index (χ3v) is 2.41. The molecule has 0 aliphatic carbocycles. The summed E-state index contributed by atoms with van der Waals surface area (Å²) in [6, 6.07) is 7.19. The molecule has 1 atom stereocenters. The number of ketones is 1. The fraction of sp³-hybridized carbons (Fsp3) is 0.500. The molecular formula is C14H20O2. The van der Waals surface area contributed by atoms with Crippen molar-refractivity contribution >= 4 is 5.78 Å². The van der Waals surface area contributed by atoms with Gasteiger partial charge in [0.25, 0.3) is 0 Å². The third kappa shape index (κ3) is 3.78. The third-order valence-electron chi connectivity index (χ3n) is 2.41. The lowest BCUT2D eigenvalue weighted by molar-refractivity contribution is 0.0939. The number of aliphatic hydroxyl groups is 1. The van der Waals surface area contributed by atoms with Gasteiger partial charge in [0, 0.05) is 12.0 Å². The van der Waals surface area contributed by atoms with E-state index < -0.39 is 6.10 Å². The van der Waals surface area contributed by atoms with Crippen LogP contribution in [0, 0.1) is 5.41 Å². The maximum Gasteiger partial charge on any atom is 0.163 e. The van der Waals surface area contributed by atoms with Crippen LogP contribution in [0.25, 0.3) is 0 Å². The lowest BCUT2D eigenvalue weighted by atomic mass is 9.87. The summed E-state index contributed by atoms with van der Waals surface area (Å²) >= 11 is 0. The zero-order valence-electron chi connectivity index (χ0n) is 10.4. The Kier molecular flexibility index (Phi) is 3.87. The summed E-state index contributed by atoms with van der Waals surface area (Å²) in [6.07, 6.45) is 0.0628. The lowest BCUT2D eigenvalue weighted by Gasteiger charge is -2.16. The monoisotopic (exact) mass is 220 g/mol. The fourth-order valence-corrected chi connectivity index (χ4v) is 1.53. The molecule has 0 heterocycles. The molecule has 0 aliphatic rings. The Balaban J connectivity index is 2.78. The van der Waals surface area contributed by atoms with Gasteiger partial charge in [-0.05, 0) is 17.9 Å². The van der Waals surface area contributed by atoms with Gasteiger partial charge in [0.15, 0.2) is 5.78 Å². The minimum absolute atomic E-state index is 0.0139. The zero-order valence-corrected chi connectivity index (χ0v) is 10.4. The first-order chi connectivity index (χ1) is 7.29. The van der Waals surface area contributed by atoms with Crippen molar-refractivity contribution in [1.82, 2.24) is 0 Å². The molecule has 0 radical (unpaired) electrons. The lowest BCUT2D eigenvalue weighted by Crippen LogP contribution is -2.13. The molecule has 0 fully saturated rings. The Hall–Kier alpha value is -1.15. The topological polar surface area (TPSA) is 37.3 Å². The average molecular weight is 220 g/mol. The molecule has 16 heavy (non-hydrogen) atoms. The number of hydrogen-bond donors (Lipinski definition) is 1. The van der Waals surface area contributed by atoms with Crippen molar-refractivity contribution in [2.24, 2.45) is 5.41 Å². The molecule has 0 aromatic heterocycles. The molecule has 0 amide bonds. The Labute approximate surface area is 97.3 Å². The van der Waals surface area contributed by atoms with Crippen LogP contribution in [-0.2, 0) is 0 Å². The van der Waals surface area contributed by atoms with E-state index in [9.17, 15) is 9.90 Å². The Bertz CT molecular complexity index is 355. The molecule has 2 heteroatoms. The van der Waals surface area contributed by atoms with Gasteiger partial charge < -0.3 is 5.11 Å². The minimum atomic E-state index is -0.480. The molecule has 0 saturated heterocycles. The summed E-state index contributed by atoms with van der Waals surface area (Å²) in [6.45, 7) is 7.87. The van der Waals surface area contributed by atoms with Crippen LogP contribution in [0.15, 0.2) is 24.3 Å². The summed E-state index contributed by atoms with van der Waals surface area (Å²) in [5, 5.41) is 9.35. The highest BCUT2D eigenvalue weighted by Crippen LogP contribution is 2.22. The van der Waals surface area contributed by atoms with Gasteiger partial charge >= 0.3 is 0 Å². The summed E-state index contributed by atoms with van der Waals surface area (Å²) in [5.74, 6) is 0.157. The van der Waals surface area contributed by atoms with Gasteiger partial charge in [0.2, 0.25) is 0 Å². The van der Waals surface area contributed by atoms with Gasteiger partial charge in [-0.25, -0.2) is 0 Å². The highest BCUT2D eigenvalue weighted by Gasteiger charge is 2.17. The maximum absolute atomic E-state index is 11.9. The molecule has 1 aromatic carbocycles. The molecule has 0 spiro atoms. The van der Waals surface area contributed by atoms with E-state index in [-0.39, 0.29) is 11.2 Å². The molecule has 1 rings (SSSR count). The van der Waals surface area contributed by atoms with E-state index in [2.05, 4.69) is 20.8 Å². The Morgan fingerprint density at radius 3 is 2.12 bits per heavy atom. The first kappa shape index (κ1) is 12.9. The van der Waals surface area contributed by atoms with Crippen LogP contribution in [0.1, 0.15) is 56.1 Å². The van der Waals surface area contributed by atoms with E-state index in [1.807, 2.05) is 0 Å². The van der Waals surface area contributed by atoms with Crippen LogP contribution in [0.4, 0.5) is 0 Å². The van der Waals surface area contributed by atoms with Gasteiger partial charge in [-0.2, -0.15) is 0 Å². The van der Waals surface area contributed by atoms with E-state index in [4.69, 9.17) is 0 Å². The normalized spacial score (nSPS) is 13.6. The van der Waals surface area contributed by atoms with Crippen molar-refractivity contribution in [3.8, 4) is 0 Å². The predicted octanol–water partition coefficient (Wildman–Crippen LogP) is 3.36. The highest BCUT2D eigenvalue weighted by atomic mass is 16.3. The number of hydrogen-bond acceptors (Lipinski definition) is 2. The second-order valence-corrected chi connectivity index (χ2v) is 5.46. The van der Waals surface area contributed by atoms with Crippen LogP contribution >= 0.6 is 0 Å². The molecular weight excluding hydrogens is 200 g/mol. The van der Waals surface area contributed by atoms with E-state index >= 15 is 0 Å². The number of benzene rings is 1. The van der Waals surface area contributed by atoms with E-state index in [1.165, 1.54) is 0 Å². The predicted molar refractivity (Wildman–Crippen MR) is 65.5 cm³/mol. The van der Waals surface area contributed by atoms with Gasteiger partial charge in [-0.15, -0.1) is 0 Å². The smallest absolute Gasteiger partial charge is 0.163 e. The maximum atomic E-state index is 11.9. The highest BCUT2D eigenvalue weighted by molar-refractivity contribution is 5.96. The molecule has 1 aromatic rings. The molecule has 1 N–H and O–H groups in total. The number of aliphatic hydroxyl groups excluding tert-OH is 1. The number of carbonyl (C=O) groups excluding carboxylic acids is 1. The van der Waals surface area contributed by atoms with Crippen LogP contribution in [-0.4, -0.2) is 10.9 Å².